The zero-order valence-corrected chi connectivity index (χ0v) is 10.6. The molecule has 1 aromatic heterocycles. The third-order valence-corrected chi connectivity index (χ3v) is 2.99. The van der Waals surface area contributed by atoms with Gasteiger partial charge in [0.1, 0.15) is 0 Å². The van der Waals surface area contributed by atoms with E-state index >= 15 is 0 Å². The predicted molar refractivity (Wildman–Crippen MR) is 65.8 cm³/mol. The van der Waals surface area contributed by atoms with Crippen molar-refractivity contribution >= 4 is 17.5 Å². The molecule has 1 aromatic rings. The van der Waals surface area contributed by atoms with Crippen LogP contribution in [0.2, 0.25) is 0 Å². The Balaban J connectivity index is 2.56. The van der Waals surface area contributed by atoms with Crippen LogP contribution in [0.25, 0.3) is 0 Å². The van der Waals surface area contributed by atoms with Gasteiger partial charge in [-0.25, -0.2) is 0 Å². The molecule has 1 rings (SSSR count). The third-order valence-electron chi connectivity index (χ3n) is 2.26. The maximum Gasteiger partial charge on any atom is 0.252 e. The van der Waals surface area contributed by atoms with Gasteiger partial charge >= 0.3 is 0 Å². The quantitative estimate of drug-likeness (QED) is 0.822. The normalized spacial score (nSPS) is 11.2. The number of pyridine rings is 1. The molecule has 0 spiro atoms. The van der Waals surface area contributed by atoms with Gasteiger partial charge in [-0.15, -0.1) is 11.6 Å². The number of nitrogens with zero attached hydrogens (tertiary/aromatic N) is 1. The second kappa shape index (κ2) is 5.30. The number of nitrogens with one attached hydrogen (secondary N) is 1. The van der Waals surface area contributed by atoms with E-state index in [1.165, 1.54) is 0 Å². The number of amides is 1. The SMILES string of the molecule is Cc1ccc(C(=O)NCC(C)(C)CCl)cn1. The highest BCUT2D eigenvalue weighted by Crippen LogP contribution is 2.15. The molecule has 3 nitrogen and oxygen atoms in total. The lowest BCUT2D eigenvalue weighted by Gasteiger charge is -2.21. The van der Waals surface area contributed by atoms with Gasteiger partial charge in [0.2, 0.25) is 0 Å². The van der Waals surface area contributed by atoms with Crippen molar-refractivity contribution in [2.24, 2.45) is 5.41 Å². The molecule has 0 aliphatic carbocycles. The monoisotopic (exact) mass is 240 g/mol. The van der Waals surface area contributed by atoms with Crippen LogP contribution in [0, 0.1) is 12.3 Å². The van der Waals surface area contributed by atoms with Crippen LogP contribution in [-0.2, 0) is 0 Å². The van der Waals surface area contributed by atoms with Gasteiger partial charge < -0.3 is 5.32 Å². The van der Waals surface area contributed by atoms with Crippen LogP contribution < -0.4 is 5.32 Å². The van der Waals surface area contributed by atoms with E-state index in [0.717, 1.165) is 5.69 Å². The molecule has 0 bridgehead atoms. The fourth-order valence-corrected chi connectivity index (χ4v) is 1.17. The van der Waals surface area contributed by atoms with Crippen LogP contribution >= 0.6 is 11.6 Å². The second-order valence-electron chi connectivity index (χ2n) is 4.67. The molecule has 1 N–H and O–H groups in total. The van der Waals surface area contributed by atoms with E-state index in [2.05, 4.69) is 10.3 Å². The predicted octanol–water partition coefficient (Wildman–Crippen LogP) is 2.38. The summed E-state index contributed by atoms with van der Waals surface area (Å²) in [6, 6.07) is 3.59. The first kappa shape index (κ1) is 13.0. The smallest absolute Gasteiger partial charge is 0.252 e. The Morgan fingerprint density at radius 3 is 2.69 bits per heavy atom. The van der Waals surface area contributed by atoms with Crippen molar-refractivity contribution in [3.63, 3.8) is 0 Å². The van der Waals surface area contributed by atoms with E-state index in [1.54, 1.807) is 12.3 Å². The molecule has 0 saturated carbocycles. The van der Waals surface area contributed by atoms with Gasteiger partial charge in [0.15, 0.2) is 0 Å². The zero-order valence-electron chi connectivity index (χ0n) is 9.88. The number of aryl methyl sites for hydroxylation is 1. The average Bonchev–Trinajstić information content (AvgIpc) is 2.27. The third kappa shape index (κ3) is 3.81. The van der Waals surface area contributed by atoms with Crippen LogP contribution in [-0.4, -0.2) is 23.3 Å². The molecule has 0 atom stereocenters. The number of rotatable bonds is 4. The van der Waals surface area contributed by atoms with Gasteiger partial charge in [-0.05, 0) is 24.5 Å². The molecule has 0 aliphatic heterocycles. The van der Waals surface area contributed by atoms with Crippen LogP contribution in [0.5, 0.6) is 0 Å². The maximum absolute atomic E-state index is 11.7. The molecule has 1 heterocycles. The van der Waals surface area contributed by atoms with Crippen molar-refractivity contribution < 1.29 is 4.79 Å². The van der Waals surface area contributed by atoms with Gasteiger partial charge in [0.25, 0.3) is 5.91 Å². The van der Waals surface area contributed by atoms with Gasteiger partial charge in [0, 0.05) is 24.3 Å². The Bertz CT molecular complexity index is 360. The molecule has 88 valence electrons. The highest BCUT2D eigenvalue weighted by molar-refractivity contribution is 6.18. The number of hydrogen-bond donors (Lipinski definition) is 1. The van der Waals surface area contributed by atoms with Crippen molar-refractivity contribution in [2.45, 2.75) is 20.8 Å². The fourth-order valence-electron chi connectivity index (χ4n) is 1.07. The molecule has 0 saturated heterocycles. The number of alkyl halides is 1. The first-order valence-electron chi connectivity index (χ1n) is 5.21. The highest BCUT2D eigenvalue weighted by Gasteiger charge is 2.17. The van der Waals surface area contributed by atoms with E-state index in [9.17, 15) is 4.79 Å². The minimum absolute atomic E-state index is 0.0880. The van der Waals surface area contributed by atoms with Crippen molar-refractivity contribution in [1.82, 2.24) is 10.3 Å². The number of aromatic nitrogens is 1. The molecule has 1 amide bonds. The summed E-state index contributed by atoms with van der Waals surface area (Å²) in [6.45, 7) is 6.46. The van der Waals surface area contributed by atoms with E-state index in [-0.39, 0.29) is 11.3 Å². The van der Waals surface area contributed by atoms with E-state index in [1.807, 2.05) is 26.8 Å². The molecular weight excluding hydrogens is 224 g/mol. The molecule has 4 heteroatoms. The highest BCUT2D eigenvalue weighted by atomic mass is 35.5. The molecule has 0 aromatic carbocycles. The minimum Gasteiger partial charge on any atom is -0.351 e. The number of halogens is 1. The molecule has 0 aliphatic rings. The van der Waals surface area contributed by atoms with Gasteiger partial charge in [-0.3, -0.25) is 9.78 Å². The standard InChI is InChI=1S/C12H17ClN2O/c1-9-4-5-10(6-14-9)11(16)15-8-12(2,3)7-13/h4-6H,7-8H2,1-3H3,(H,15,16). The Morgan fingerprint density at radius 1 is 1.50 bits per heavy atom. The van der Waals surface area contributed by atoms with Gasteiger partial charge in [-0.2, -0.15) is 0 Å². The van der Waals surface area contributed by atoms with Crippen LogP contribution in [0.15, 0.2) is 18.3 Å². The summed E-state index contributed by atoms with van der Waals surface area (Å²) in [5, 5.41) is 2.85. The lowest BCUT2D eigenvalue weighted by molar-refractivity contribution is 0.0939. The van der Waals surface area contributed by atoms with E-state index in [0.29, 0.717) is 18.0 Å². The summed E-state index contributed by atoms with van der Waals surface area (Å²) < 4.78 is 0. The van der Waals surface area contributed by atoms with Crippen molar-refractivity contribution in [3.8, 4) is 0 Å². The first-order chi connectivity index (χ1) is 7.44. The summed E-state index contributed by atoms with van der Waals surface area (Å²) in [6.07, 6.45) is 1.58. The molecular formula is C12H17ClN2O. The second-order valence-corrected chi connectivity index (χ2v) is 4.94. The summed E-state index contributed by atoms with van der Waals surface area (Å²) in [4.78, 5) is 15.8. The summed E-state index contributed by atoms with van der Waals surface area (Å²) in [7, 11) is 0. The van der Waals surface area contributed by atoms with Crippen LogP contribution in [0.3, 0.4) is 0 Å². The Kier molecular flexibility index (Phi) is 4.30. The van der Waals surface area contributed by atoms with Crippen molar-refractivity contribution in [3.05, 3.63) is 29.6 Å². The number of hydrogen-bond acceptors (Lipinski definition) is 2. The minimum atomic E-state index is -0.106. The summed E-state index contributed by atoms with van der Waals surface area (Å²) in [5.74, 6) is 0.407. The maximum atomic E-state index is 11.7. The van der Waals surface area contributed by atoms with Crippen LogP contribution in [0.1, 0.15) is 29.9 Å². The lowest BCUT2D eigenvalue weighted by Crippen LogP contribution is -2.35. The van der Waals surface area contributed by atoms with E-state index < -0.39 is 0 Å². The summed E-state index contributed by atoms with van der Waals surface area (Å²) in [5.41, 5.74) is 1.39. The molecule has 0 fully saturated rings. The first-order valence-corrected chi connectivity index (χ1v) is 5.75. The Labute approximate surface area is 101 Å². The van der Waals surface area contributed by atoms with Crippen molar-refractivity contribution in [1.29, 1.82) is 0 Å². The van der Waals surface area contributed by atoms with E-state index in [4.69, 9.17) is 11.6 Å². The lowest BCUT2D eigenvalue weighted by atomic mass is 9.96. The van der Waals surface area contributed by atoms with Gasteiger partial charge in [0.05, 0.1) is 5.56 Å². The molecule has 0 radical (unpaired) electrons. The van der Waals surface area contributed by atoms with Crippen molar-refractivity contribution in [2.75, 3.05) is 12.4 Å². The van der Waals surface area contributed by atoms with Crippen LogP contribution in [0.4, 0.5) is 0 Å². The zero-order chi connectivity index (χ0) is 12.2. The molecule has 16 heavy (non-hydrogen) atoms. The van der Waals surface area contributed by atoms with Gasteiger partial charge in [-0.1, -0.05) is 13.8 Å². The summed E-state index contributed by atoms with van der Waals surface area (Å²) >= 11 is 5.78. The topological polar surface area (TPSA) is 42.0 Å². The molecule has 0 unspecified atom stereocenters. The Morgan fingerprint density at radius 2 is 2.19 bits per heavy atom. The number of carbonyl (C=O) groups is 1. The Hall–Kier alpha value is -1.09. The average molecular weight is 241 g/mol. The number of carbonyl (C=O) groups excluding carboxylic acids is 1. The fraction of sp³-hybridized carbons (Fsp3) is 0.500. The largest absolute Gasteiger partial charge is 0.351 e.